The molecule has 0 saturated carbocycles. The van der Waals surface area contributed by atoms with Crippen molar-refractivity contribution in [2.24, 2.45) is 0 Å². The van der Waals surface area contributed by atoms with Crippen molar-refractivity contribution in [3.63, 3.8) is 0 Å². The van der Waals surface area contributed by atoms with E-state index in [0.29, 0.717) is 56.2 Å². The maximum atomic E-state index is 12.5. The van der Waals surface area contributed by atoms with Gasteiger partial charge in [-0.3, -0.25) is 9.59 Å². The molecule has 0 spiro atoms. The molecule has 0 radical (unpaired) electrons. The van der Waals surface area contributed by atoms with Crippen LogP contribution in [0.1, 0.15) is 23.2 Å². The highest BCUT2D eigenvalue weighted by Gasteiger charge is 2.24. The molecule has 0 aliphatic carbocycles. The van der Waals surface area contributed by atoms with Gasteiger partial charge in [0.15, 0.2) is 0 Å². The molecule has 1 heterocycles. The number of rotatable bonds is 5. The molecule has 0 bridgehead atoms. The predicted molar refractivity (Wildman–Crippen MR) is 85.4 cm³/mol. The number of piperazine rings is 1. The van der Waals surface area contributed by atoms with Gasteiger partial charge in [0.2, 0.25) is 5.91 Å². The second-order valence-electron chi connectivity index (χ2n) is 5.20. The summed E-state index contributed by atoms with van der Waals surface area (Å²) in [5.41, 5.74) is 0.612. The summed E-state index contributed by atoms with van der Waals surface area (Å²) in [7, 11) is 1.58. The Labute approximate surface area is 135 Å². The van der Waals surface area contributed by atoms with E-state index in [4.69, 9.17) is 16.3 Å². The second kappa shape index (κ2) is 8.03. The van der Waals surface area contributed by atoms with Crippen molar-refractivity contribution in [3.8, 4) is 5.75 Å². The number of amides is 2. The molecule has 0 N–H and O–H groups in total. The van der Waals surface area contributed by atoms with Gasteiger partial charge in [0.25, 0.3) is 5.91 Å². The lowest BCUT2D eigenvalue weighted by molar-refractivity contribution is -0.132. The van der Waals surface area contributed by atoms with E-state index in [-0.39, 0.29) is 11.8 Å². The molecule has 6 heteroatoms. The Morgan fingerprint density at radius 3 is 2.50 bits per heavy atom. The number of nitrogens with zero attached hydrogens (tertiary/aromatic N) is 2. The summed E-state index contributed by atoms with van der Waals surface area (Å²) in [5, 5.41) is 0. The van der Waals surface area contributed by atoms with Crippen LogP contribution < -0.4 is 4.74 Å². The lowest BCUT2D eigenvalue weighted by Gasteiger charge is -2.35. The molecule has 22 heavy (non-hydrogen) atoms. The van der Waals surface area contributed by atoms with Crippen molar-refractivity contribution in [1.82, 2.24) is 9.80 Å². The van der Waals surface area contributed by atoms with Gasteiger partial charge in [0.05, 0.1) is 7.11 Å². The molecule has 1 fully saturated rings. The van der Waals surface area contributed by atoms with E-state index >= 15 is 0 Å². The van der Waals surface area contributed by atoms with Crippen LogP contribution in [-0.4, -0.2) is 60.8 Å². The molecule has 0 aromatic heterocycles. The van der Waals surface area contributed by atoms with Crippen LogP contribution in [0.5, 0.6) is 5.75 Å². The first-order chi connectivity index (χ1) is 10.7. The minimum atomic E-state index is -0.0215. The van der Waals surface area contributed by atoms with Crippen LogP contribution in [0.2, 0.25) is 0 Å². The lowest BCUT2D eigenvalue weighted by Crippen LogP contribution is -2.50. The Hall–Kier alpha value is -1.75. The summed E-state index contributed by atoms with van der Waals surface area (Å²) >= 11 is 5.61. The smallest absolute Gasteiger partial charge is 0.254 e. The van der Waals surface area contributed by atoms with Crippen LogP contribution in [0, 0.1) is 0 Å². The van der Waals surface area contributed by atoms with Gasteiger partial charge < -0.3 is 14.5 Å². The van der Waals surface area contributed by atoms with Crippen LogP contribution in [0.25, 0.3) is 0 Å². The van der Waals surface area contributed by atoms with Crippen LogP contribution in [0.3, 0.4) is 0 Å². The third kappa shape index (κ3) is 4.13. The Balaban J connectivity index is 1.90. The molecule has 5 nitrogen and oxygen atoms in total. The van der Waals surface area contributed by atoms with Gasteiger partial charge in [-0.05, 0) is 24.6 Å². The van der Waals surface area contributed by atoms with Crippen molar-refractivity contribution in [2.75, 3.05) is 39.2 Å². The Morgan fingerprint density at radius 1 is 1.18 bits per heavy atom. The van der Waals surface area contributed by atoms with Crippen LogP contribution in [0.4, 0.5) is 0 Å². The quantitative estimate of drug-likeness (QED) is 0.778. The highest BCUT2D eigenvalue weighted by atomic mass is 35.5. The fourth-order valence-electron chi connectivity index (χ4n) is 2.47. The first kappa shape index (κ1) is 16.6. The number of halogens is 1. The molecular formula is C16H21ClN2O3. The SMILES string of the molecule is COc1cccc(C(=O)N2CCN(C(=O)CCCCl)CC2)c1. The first-order valence-corrected chi connectivity index (χ1v) is 7.96. The number of carbonyl (C=O) groups is 2. The summed E-state index contributed by atoms with van der Waals surface area (Å²) in [4.78, 5) is 28.0. The molecule has 1 aromatic rings. The zero-order chi connectivity index (χ0) is 15.9. The first-order valence-electron chi connectivity index (χ1n) is 7.42. The van der Waals surface area contributed by atoms with Crippen molar-refractivity contribution >= 4 is 23.4 Å². The van der Waals surface area contributed by atoms with Crippen LogP contribution in [0.15, 0.2) is 24.3 Å². The van der Waals surface area contributed by atoms with Crippen molar-refractivity contribution in [2.45, 2.75) is 12.8 Å². The van der Waals surface area contributed by atoms with Gasteiger partial charge in [-0.25, -0.2) is 0 Å². The minimum absolute atomic E-state index is 0.0215. The highest BCUT2D eigenvalue weighted by Crippen LogP contribution is 2.16. The maximum absolute atomic E-state index is 12.5. The fraction of sp³-hybridized carbons (Fsp3) is 0.500. The number of alkyl halides is 1. The van der Waals surface area contributed by atoms with Gasteiger partial charge in [-0.2, -0.15) is 0 Å². The van der Waals surface area contributed by atoms with Gasteiger partial charge >= 0.3 is 0 Å². The van der Waals surface area contributed by atoms with E-state index in [2.05, 4.69) is 0 Å². The van der Waals surface area contributed by atoms with E-state index in [0.717, 1.165) is 0 Å². The maximum Gasteiger partial charge on any atom is 0.254 e. The lowest BCUT2D eigenvalue weighted by atomic mass is 10.1. The van der Waals surface area contributed by atoms with Gasteiger partial charge in [-0.15, -0.1) is 11.6 Å². The largest absolute Gasteiger partial charge is 0.497 e. The number of carbonyl (C=O) groups excluding carboxylic acids is 2. The third-order valence-corrected chi connectivity index (χ3v) is 4.03. The molecule has 2 rings (SSSR count). The van der Waals surface area contributed by atoms with Crippen LogP contribution >= 0.6 is 11.6 Å². The zero-order valence-corrected chi connectivity index (χ0v) is 13.5. The van der Waals surface area contributed by atoms with Crippen molar-refractivity contribution in [1.29, 1.82) is 0 Å². The number of ether oxygens (including phenoxy) is 1. The average molecular weight is 325 g/mol. The summed E-state index contributed by atoms with van der Waals surface area (Å²) in [6, 6.07) is 7.13. The number of hydrogen-bond acceptors (Lipinski definition) is 3. The molecule has 0 atom stereocenters. The minimum Gasteiger partial charge on any atom is -0.497 e. The van der Waals surface area contributed by atoms with Crippen molar-refractivity contribution in [3.05, 3.63) is 29.8 Å². The number of methoxy groups -OCH3 is 1. The van der Waals surface area contributed by atoms with Gasteiger partial charge in [0.1, 0.15) is 5.75 Å². The molecule has 1 aliphatic heterocycles. The molecular weight excluding hydrogens is 304 g/mol. The van der Waals surface area contributed by atoms with E-state index < -0.39 is 0 Å². The monoisotopic (exact) mass is 324 g/mol. The van der Waals surface area contributed by atoms with E-state index in [1.165, 1.54) is 0 Å². The summed E-state index contributed by atoms with van der Waals surface area (Å²) < 4.78 is 5.14. The molecule has 1 aromatic carbocycles. The normalized spacial score (nSPS) is 14.8. The highest BCUT2D eigenvalue weighted by molar-refractivity contribution is 6.17. The molecule has 1 aliphatic rings. The Morgan fingerprint density at radius 2 is 1.86 bits per heavy atom. The summed E-state index contributed by atoms with van der Waals surface area (Å²) in [6.07, 6.45) is 1.18. The van der Waals surface area contributed by atoms with Gasteiger partial charge in [0, 0.05) is 44.0 Å². The molecule has 2 amide bonds. The topological polar surface area (TPSA) is 49.9 Å². The summed E-state index contributed by atoms with van der Waals surface area (Å²) in [5.74, 6) is 1.27. The molecule has 120 valence electrons. The van der Waals surface area contributed by atoms with E-state index in [9.17, 15) is 9.59 Å². The van der Waals surface area contributed by atoms with E-state index in [1.54, 1.807) is 30.2 Å². The van der Waals surface area contributed by atoms with Gasteiger partial charge in [-0.1, -0.05) is 6.07 Å². The zero-order valence-electron chi connectivity index (χ0n) is 12.8. The second-order valence-corrected chi connectivity index (χ2v) is 5.58. The third-order valence-electron chi connectivity index (χ3n) is 3.76. The Bertz CT molecular complexity index is 528. The standard InChI is InChI=1S/C16H21ClN2O3/c1-22-14-5-2-4-13(12-14)16(21)19-10-8-18(9-11-19)15(20)6-3-7-17/h2,4-5,12H,3,6-11H2,1H3. The Kier molecular flexibility index (Phi) is 6.07. The molecule has 1 saturated heterocycles. The predicted octanol–water partition coefficient (Wildman–Crippen LogP) is 2.00. The number of benzene rings is 1. The molecule has 0 unspecified atom stereocenters. The summed E-state index contributed by atoms with van der Waals surface area (Å²) in [6.45, 7) is 2.28. The van der Waals surface area contributed by atoms with Crippen molar-refractivity contribution < 1.29 is 14.3 Å². The fourth-order valence-corrected chi connectivity index (χ4v) is 2.61. The average Bonchev–Trinajstić information content (AvgIpc) is 2.59. The van der Waals surface area contributed by atoms with E-state index in [1.807, 2.05) is 11.0 Å². The number of hydrogen-bond donors (Lipinski definition) is 0. The van der Waals surface area contributed by atoms with Crippen LogP contribution in [-0.2, 0) is 4.79 Å².